The third-order valence-electron chi connectivity index (χ3n) is 9.02. The van der Waals surface area contributed by atoms with Gasteiger partial charge in [-0.1, -0.05) is 49.7 Å². The maximum Gasteiger partial charge on any atom is 0.296 e. The number of aryl methyl sites for hydroxylation is 6. The fourth-order valence-electron chi connectivity index (χ4n) is 7.02. The molecule has 1 aliphatic heterocycles. The second-order valence-electron chi connectivity index (χ2n) is 11.0. The molecule has 0 unspecified atom stereocenters. The fraction of sp³-hybridized carbons (Fsp3) is 0.364. The molecule has 2 heteroatoms. The van der Waals surface area contributed by atoms with Gasteiger partial charge in [-0.2, -0.15) is 4.40 Å². The molecule has 0 spiro atoms. The van der Waals surface area contributed by atoms with Crippen LogP contribution in [0.4, 0.5) is 0 Å². The molecule has 0 fully saturated rings. The van der Waals surface area contributed by atoms with E-state index in [-0.39, 0.29) is 5.54 Å². The van der Waals surface area contributed by atoms with Crippen molar-refractivity contribution in [3.63, 3.8) is 0 Å². The zero-order valence-corrected chi connectivity index (χ0v) is 22.3. The van der Waals surface area contributed by atoms with Gasteiger partial charge in [-0.05, 0) is 112 Å². The van der Waals surface area contributed by atoms with Crippen LogP contribution in [0.2, 0.25) is 0 Å². The van der Waals surface area contributed by atoms with Crippen molar-refractivity contribution in [2.45, 2.75) is 79.7 Å². The number of hydrogen-bond donors (Lipinski definition) is 0. The lowest BCUT2D eigenvalue weighted by Crippen LogP contribution is -2.55. The van der Waals surface area contributed by atoms with Crippen LogP contribution in [0, 0.1) is 34.6 Å². The number of fused-ring (bicyclic) bond motifs is 3. The minimum atomic E-state index is 0.108. The van der Waals surface area contributed by atoms with Crippen molar-refractivity contribution < 1.29 is 4.57 Å². The second kappa shape index (κ2) is 7.68. The van der Waals surface area contributed by atoms with E-state index in [1.54, 1.807) is 0 Å². The molecule has 6 rings (SSSR count). The number of rotatable bonds is 3. The van der Waals surface area contributed by atoms with Gasteiger partial charge in [0.2, 0.25) is 0 Å². The maximum atomic E-state index is 2.76. The summed E-state index contributed by atoms with van der Waals surface area (Å²) in [5.74, 6) is 0. The molecule has 5 aromatic rings. The summed E-state index contributed by atoms with van der Waals surface area (Å²) in [5.41, 5.74) is 15.1. The summed E-state index contributed by atoms with van der Waals surface area (Å²) in [6, 6.07) is 19.0. The molecule has 3 aromatic carbocycles. The third-order valence-corrected chi connectivity index (χ3v) is 9.02. The van der Waals surface area contributed by atoms with Crippen LogP contribution in [-0.4, -0.2) is 4.40 Å². The Morgan fingerprint density at radius 3 is 2.20 bits per heavy atom. The molecule has 0 radical (unpaired) electrons. The van der Waals surface area contributed by atoms with Gasteiger partial charge in [0.05, 0.1) is 5.39 Å². The summed E-state index contributed by atoms with van der Waals surface area (Å²) in [4.78, 5) is 0. The second-order valence-corrected chi connectivity index (χ2v) is 11.0. The number of pyridine rings is 1. The quantitative estimate of drug-likeness (QED) is 0.239. The molecule has 2 nitrogen and oxygen atoms in total. The zero-order chi connectivity index (χ0) is 24.6. The Labute approximate surface area is 209 Å². The summed E-state index contributed by atoms with van der Waals surface area (Å²) in [6.45, 7) is 16.0. The van der Waals surface area contributed by atoms with Crippen LogP contribution >= 0.6 is 0 Å². The Hall–Kier alpha value is -3.13. The van der Waals surface area contributed by atoms with Crippen molar-refractivity contribution in [2.75, 3.05) is 0 Å². The normalized spacial score (nSPS) is 14.9. The van der Waals surface area contributed by atoms with Crippen molar-refractivity contribution in [2.24, 2.45) is 0 Å². The molecule has 1 aliphatic rings. The van der Waals surface area contributed by atoms with Gasteiger partial charge in [0.25, 0.3) is 5.65 Å². The minimum absolute atomic E-state index is 0.108. The molecular weight excluding hydrogens is 424 g/mol. The van der Waals surface area contributed by atoms with E-state index in [1.165, 1.54) is 78.5 Å². The van der Waals surface area contributed by atoms with Crippen LogP contribution in [0.15, 0.2) is 48.5 Å². The Bertz CT molecular complexity index is 1640. The highest BCUT2D eigenvalue weighted by Crippen LogP contribution is 2.41. The predicted molar refractivity (Wildman–Crippen MR) is 149 cm³/mol. The van der Waals surface area contributed by atoms with E-state index in [2.05, 4.69) is 106 Å². The number of nitrogens with zero attached hydrogens (tertiary/aromatic N) is 2. The average molecular weight is 462 g/mol. The van der Waals surface area contributed by atoms with Gasteiger partial charge in [0.15, 0.2) is 11.0 Å². The van der Waals surface area contributed by atoms with Gasteiger partial charge in [-0.15, -0.1) is 0 Å². The Kier molecular flexibility index (Phi) is 4.90. The lowest BCUT2D eigenvalue weighted by Gasteiger charge is -2.28. The SMILES string of the molecule is CCC1(CC)CCc2cccc3cc(-c4c(C)cc(C)cc4C)n4c5cc(C)c(C)cc5[n+]1c4c23. The van der Waals surface area contributed by atoms with Crippen LogP contribution in [0.1, 0.15) is 66.5 Å². The first-order chi connectivity index (χ1) is 16.8. The number of imidazole rings is 1. The number of hydrogen-bond acceptors (Lipinski definition) is 0. The molecule has 3 heterocycles. The van der Waals surface area contributed by atoms with Crippen molar-refractivity contribution in [3.8, 4) is 11.3 Å². The first kappa shape index (κ1) is 22.3. The van der Waals surface area contributed by atoms with E-state index in [4.69, 9.17) is 0 Å². The number of aromatic nitrogens is 2. The molecule has 0 saturated heterocycles. The van der Waals surface area contributed by atoms with Crippen LogP contribution in [0.5, 0.6) is 0 Å². The highest BCUT2D eigenvalue weighted by molar-refractivity contribution is 6.01. The highest BCUT2D eigenvalue weighted by Gasteiger charge is 2.42. The maximum absolute atomic E-state index is 2.76. The lowest BCUT2D eigenvalue weighted by molar-refractivity contribution is -0.721. The molecule has 0 amide bonds. The van der Waals surface area contributed by atoms with Gasteiger partial charge in [-0.25, -0.2) is 4.57 Å². The summed E-state index contributed by atoms with van der Waals surface area (Å²) in [5, 5.41) is 2.80. The molecule has 35 heavy (non-hydrogen) atoms. The third kappa shape index (κ3) is 2.98. The number of benzene rings is 3. The van der Waals surface area contributed by atoms with Gasteiger partial charge in [0, 0.05) is 5.56 Å². The summed E-state index contributed by atoms with van der Waals surface area (Å²) in [6.07, 6.45) is 4.58. The largest absolute Gasteiger partial charge is 0.296 e. The van der Waals surface area contributed by atoms with Crippen molar-refractivity contribution >= 4 is 27.5 Å². The monoisotopic (exact) mass is 461 g/mol. The van der Waals surface area contributed by atoms with Crippen molar-refractivity contribution in [3.05, 3.63) is 81.9 Å². The average Bonchev–Trinajstić information content (AvgIpc) is 3.05. The topological polar surface area (TPSA) is 8.29 Å². The van der Waals surface area contributed by atoms with Crippen molar-refractivity contribution in [1.82, 2.24) is 4.40 Å². The first-order valence-electron chi connectivity index (χ1n) is 13.3. The first-order valence-corrected chi connectivity index (χ1v) is 13.3. The minimum Gasteiger partial charge on any atom is -0.217 e. The van der Waals surface area contributed by atoms with E-state index in [1.807, 2.05) is 0 Å². The standard InChI is InChI=1S/C33H37N2/c1-8-33(9-2)14-13-25-11-10-12-26-19-29(30-23(6)15-20(3)16-24(30)7)34-27-17-21(4)22(5)18-28(27)35(33)32(34)31(25)26/h10-12,15-19H,8-9,13-14H2,1-7H3/q+1. The molecule has 0 aliphatic carbocycles. The van der Waals surface area contributed by atoms with E-state index < -0.39 is 0 Å². The van der Waals surface area contributed by atoms with Crippen LogP contribution in [0.25, 0.3) is 38.7 Å². The molecule has 0 atom stereocenters. The summed E-state index contributed by atoms with van der Waals surface area (Å²) >= 11 is 0. The highest BCUT2D eigenvalue weighted by atomic mass is 15.2. The smallest absolute Gasteiger partial charge is 0.217 e. The van der Waals surface area contributed by atoms with Gasteiger partial charge in [0.1, 0.15) is 11.2 Å². The van der Waals surface area contributed by atoms with E-state index >= 15 is 0 Å². The van der Waals surface area contributed by atoms with E-state index in [9.17, 15) is 0 Å². The van der Waals surface area contributed by atoms with Gasteiger partial charge >= 0.3 is 0 Å². The van der Waals surface area contributed by atoms with Gasteiger partial charge in [-0.3, -0.25) is 0 Å². The Morgan fingerprint density at radius 2 is 1.51 bits per heavy atom. The summed E-state index contributed by atoms with van der Waals surface area (Å²) in [7, 11) is 0. The Morgan fingerprint density at radius 1 is 0.829 bits per heavy atom. The zero-order valence-electron chi connectivity index (χ0n) is 22.3. The molecule has 0 saturated carbocycles. The summed E-state index contributed by atoms with van der Waals surface area (Å²) < 4.78 is 5.37. The molecule has 0 N–H and O–H groups in total. The fourth-order valence-corrected chi connectivity index (χ4v) is 7.02. The molecule has 2 aromatic heterocycles. The predicted octanol–water partition coefficient (Wildman–Crippen LogP) is 8.20. The van der Waals surface area contributed by atoms with Crippen LogP contribution < -0.4 is 4.57 Å². The van der Waals surface area contributed by atoms with Crippen LogP contribution in [-0.2, 0) is 12.0 Å². The molecule has 178 valence electrons. The van der Waals surface area contributed by atoms with Crippen LogP contribution in [0.3, 0.4) is 0 Å². The molecular formula is C33H37N2+. The Balaban J connectivity index is 1.96. The lowest BCUT2D eigenvalue weighted by atomic mass is 9.86. The van der Waals surface area contributed by atoms with Gasteiger partial charge < -0.3 is 0 Å². The molecule has 0 bridgehead atoms. The van der Waals surface area contributed by atoms with E-state index in [0.29, 0.717) is 0 Å². The van der Waals surface area contributed by atoms with Crippen molar-refractivity contribution in [1.29, 1.82) is 0 Å². The van der Waals surface area contributed by atoms with E-state index in [0.717, 1.165) is 19.3 Å².